The van der Waals surface area contributed by atoms with Gasteiger partial charge in [0.1, 0.15) is 5.58 Å². The molecule has 50 heavy (non-hydrogen) atoms. The Morgan fingerprint density at radius 1 is 0.680 bits per heavy atom. The minimum absolute atomic E-state index is 0. The fourth-order valence-electron chi connectivity index (χ4n) is 6.24. The molecule has 4 aromatic heterocycles. The normalized spacial score (nSPS) is 11.4. The van der Waals surface area contributed by atoms with Crippen LogP contribution in [0.3, 0.4) is 0 Å². The molecule has 0 fully saturated rings. The molecule has 0 N–H and O–H groups in total. The number of fused-ring (bicyclic) bond motifs is 6. The van der Waals surface area contributed by atoms with E-state index in [0.29, 0.717) is 0 Å². The Labute approximate surface area is 306 Å². The predicted octanol–water partition coefficient (Wildman–Crippen LogP) is 10.3. The van der Waals surface area contributed by atoms with Crippen molar-refractivity contribution in [2.24, 2.45) is 0 Å². The van der Waals surface area contributed by atoms with Crippen molar-refractivity contribution in [3.8, 4) is 28.3 Å². The monoisotopic (exact) mass is 843 g/mol. The summed E-state index contributed by atoms with van der Waals surface area (Å²) in [7, 11) is -1.23. The van der Waals surface area contributed by atoms with Gasteiger partial charge in [-0.3, -0.25) is 4.98 Å². The van der Waals surface area contributed by atoms with E-state index in [-0.39, 0.29) is 20.1 Å². The number of aromatic nitrogens is 4. The Bertz CT molecular complexity index is 2590. The van der Waals surface area contributed by atoms with Crippen LogP contribution in [0.4, 0.5) is 0 Å². The van der Waals surface area contributed by atoms with Gasteiger partial charge in [0.15, 0.2) is 5.65 Å². The van der Waals surface area contributed by atoms with Crippen molar-refractivity contribution in [1.82, 2.24) is 19.5 Å². The van der Waals surface area contributed by atoms with Crippen LogP contribution in [0.1, 0.15) is 5.56 Å². The molecule has 0 spiro atoms. The molecule has 9 aromatic rings. The quantitative estimate of drug-likeness (QED) is 0.131. The summed E-state index contributed by atoms with van der Waals surface area (Å²) in [5, 5.41) is 5.81. The molecule has 0 saturated carbocycles. The van der Waals surface area contributed by atoms with Gasteiger partial charge in [0.2, 0.25) is 0 Å². The number of imidazole rings is 1. The van der Waals surface area contributed by atoms with Gasteiger partial charge >= 0.3 is 0 Å². The molecular formula is C43H34IrN4OSi-2. The van der Waals surface area contributed by atoms with Crippen molar-refractivity contribution >= 4 is 57.1 Å². The molecule has 4 heterocycles. The standard InChI is InChI=1S/C29H18N3O.C14H16NSi.Ir/c1-18-16-25-29(30-17-18)32(20-9-3-2-4-10-20)28(31-25)24-13-7-12-22-23-15-14-19-8-5-6-11-21(19)26(23)33-27(22)24;1-16(2,3)13-9-10-14(15-11-13)12-7-5-4-6-8-12;/h2-12,14-17H,1H3;4-7,9-11H,1-3H3;/q2*-1;. The second-order valence-electron chi connectivity index (χ2n) is 13.3. The van der Waals surface area contributed by atoms with E-state index >= 15 is 0 Å². The molecule has 0 amide bonds. The summed E-state index contributed by atoms with van der Waals surface area (Å²) in [5.74, 6) is 0.767. The summed E-state index contributed by atoms with van der Waals surface area (Å²) in [5.41, 5.74) is 8.30. The summed E-state index contributed by atoms with van der Waals surface area (Å²) in [4.78, 5) is 14.3. The summed E-state index contributed by atoms with van der Waals surface area (Å²) in [6, 6.07) is 47.7. The predicted molar refractivity (Wildman–Crippen MR) is 204 cm³/mol. The summed E-state index contributed by atoms with van der Waals surface area (Å²) >= 11 is 0. The number of hydrogen-bond acceptors (Lipinski definition) is 4. The van der Waals surface area contributed by atoms with Crippen LogP contribution >= 0.6 is 0 Å². The Hall–Kier alpha value is -5.20. The van der Waals surface area contributed by atoms with Crippen molar-refractivity contribution in [2.75, 3.05) is 0 Å². The molecule has 0 atom stereocenters. The zero-order valence-electron chi connectivity index (χ0n) is 28.2. The third kappa shape index (κ3) is 6.20. The van der Waals surface area contributed by atoms with E-state index in [1.165, 1.54) is 5.19 Å². The Morgan fingerprint density at radius 3 is 2.22 bits per heavy atom. The van der Waals surface area contributed by atoms with Crippen molar-refractivity contribution in [1.29, 1.82) is 0 Å². The van der Waals surface area contributed by atoms with Gasteiger partial charge in [-0.05, 0) is 47.0 Å². The van der Waals surface area contributed by atoms with Crippen LogP contribution in [0.5, 0.6) is 0 Å². The number of nitrogens with zero attached hydrogens (tertiary/aromatic N) is 4. The molecule has 5 aromatic carbocycles. The molecule has 9 rings (SSSR count). The van der Waals surface area contributed by atoms with E-state index in [1.54, 1.807) is 0 Å². The Morgan fingerprint density at radius 2 is 1.46 bits per heavy atom. The van der Waals surface area contributed by atoms with Crippen LogP contribution in [-0.2, 0) is 20.1 Å². The smallest absolute Gasteiger partial charge is 0.155 e. The van der Waals surface area contributed by atoms with E-state index in [0.717, 1.165) is 77.8 Å². The zero-order chi connectivity index (χ0) is 33.5. The molecule has 1 radical (unpaired) electrons. The first-order chi connectivity index (χ1) is 23.8. The molecule has 0 aliphatic heterocycles. The van der Waals surface area contributed by atoms with Crippen LogP contribution in [0.2, 0.25) is 19.6 Å². The van der Waals surface area contributed by atoms with Gasteiger partial charge in [-0.15, -0.1) is 54.1 Å². The van der Waals surface area contributed by atoms with Crippen LogP contribution < -0.4 is 5.19 Å². The fourth-order valence-corrected chi connectivity index (χ4v) is 7.28. The van der Waals surface area contributed by atoms with E-state index in [2.05, 4.69) is 102 Å². The van der Waals surface area contributed by atoms with Crippen LogP contribution in [0.25, 0.3) is 72.2 Å². The van der Waals surface area contributed by atoms with Gasteiger partial charge in [0.25, 0.3) is 0 Å². The SMILES string of the molecule is C[Si](C)(C)c1ccc(-c2[c-]cccc2)nc1.Cc1cnc2c(c1)nc(-c1[c-]ccc3c1oc1c4ccccc4ccc31)n2-c1ccccc1.[Ir]. The Kier molecular flexibility index (Phi) is 9.06. The number of hydrogen-bond donors (Lipinski definition) is 0. The van der Waals surface area contributed by atoms with Crippen molar-refractivity contribution in [3.05, 3.63) is 151 Å². The maximum atomic E-state index is 6.56. The topological polar surface area (TPSA) is 56.7 Å². The molecule has 0 aliphatic carbocycles. The molecule has 0 bridgehead atoms. The van der Waals surface area contributed by atoms with E-state index < -0.39 is 8.07 Å². The van der Waals surface area contributed by atoms with Gasteiger partial charge in [-0.1, -0.05) is 97.3 Å². The molecule has 7 heteroatoms. The second-order valence-corrected chi connectivity index (χ2v) is 18.4. The number of aryl methyl sites for hydroxylation is 1. The van der Waals surface area contributed by atoms with Crippen molar-refractivity contribution in [3.63, 3.8) is 0 Å². The maximum Gasteiger partial charge on any atom is 0.155 e. The number of furan rings is 1. The molecular weight excluding hydrogens is 809 g/mol. The first-order valence-corrected chi connectivity index (χ1v) is 19.9. The largest absolute Gasteiger partial charge is 0.500 e. The summed E-state index contributed by atoms with van der Waals surface area (Å²) < 4.78 is 8.65. The average Bonchev–Trinajstić information content (AvgIpc) is 3.71. The fraction of sp³-hybridized carbons (Fsp3) is 0.0930. The van der Waals surface area contributed by atoms with Crippen LogP contribution in [-0.4, -0.2) is 27.6 Å². The van der Waals surface area contributed by atoms with Gasteiger partial charge in [-0.2, -0.15) is 0 Å². The average molecular weight is 843 g/mol. The first kappa shape index (κ1) is 33.3. The molecule has 247 valence electrons. The van der Waals surface area contributed by atoms with Crippen molar-refractivity contribution in [2.45, 2.75) is 26.6 Å². The maximum absolute atomic E-state index is 6.56. The minimum atomic E-state index is -1.23. The number of rotatable bonds is 4. The summed E-state index contributed by atoms with van der Waals surface area (Å²) in [6.45, 7) is 9.03. The van der Waals surface area contributed by atoms with E-state index in [9.17, 15) is 0 Å². The van der Waals surface area contributed by atoms with Gasteiger partial charge in [-0.25, -0.2) is 4.98 Å². The number of pyridine rings is 2. The molecule has 5 nitrogen and oxygen atoms in total. The van der Waals surface area contributed by atoms with Gasteiger partial charge in [0.05, 0.1) is 25.0 Å². The molecule has 0 unspecified atom stereocenters. The van der Waals surface area contributed by atoms with Crippen LogP contribution in [0, 0.1) is 19.1 Å². The van der Waals surface area contributed by atoms with E-state index in [4.69, 9.17) is 14.4 Å². The Balaban J connectivity index is 0.000000196. The summed E-state index contributed by atoms with van der Waals surface area (Å²) in [6.07, 6.45) is 3.90. The third-order valence-electron chi connectivity index (χ3n) is 8.81. The third-order valence-corrected chi connectivity index (χ3v) is 10.8. The van der Waals surface area contributed by atoms with Gasteiger partial charge in [0, 0.05) is 49.0 Å². The second kappa shape index (κ2) is 13.6. The zero-order valence-corrected chi connectivity index (χ0v) is 31.6. The molecule has 0 saturated heterocycles. The number of para-hydroxylation sites is 1. The minimum Gasteiger partial charge on any atom is -0.500 e. The number of benzene rings is 5. The molecule has 0 aliphatic rings. The van der Waals surface area contributed by atoms with Crippen LogP contribution in [0.15, 0.2) is 138 Å². The first-order valence-electron chi connectivity index (χ1n) is 16.4. The van der Waals surface area contributed by atoms with Crippen molar-refractivity contribution < 1.29 is 24.5 Å². The van der Waals surface area contributed by atoms with Gasteiger partial charge < -0.3 is 14.0 Å². The van der Waals surface area contributed by atoms with E-state index in [1.807, 2.05) is 80.0 Å².